The van der Waals surface area contributed by atoms with Crippen molar-refractivity contribution in [1.29, 1.82) is 0 Å². The molecular weight excluding hydrogens is 651 g/mol. The van der Waals surface area contributed by atoms with Crippen LogP contribution >= 0.6 is 34.8 Å². The molecule has 5 nitrogen and oxygen atoms in total. The smallest absolute Gasteiger partial charge is 0.240 e. The van der Waals surface area contributed by atoms with Crippen molar-refractivity contribution in [3.63, 3.8) is 0 Å². The molecule has 0 atom stereocenters. The highest BCUT2D eigenvalue weighted by Gasteiger charge is 2.30. The highest BCUT2D eigenvalue weighted by Crippen LogP contribution is 2.41. The third-order valence-electron chi connectivity index (χ3n) is 7.83. The van der Waals surface area contributed by atoms with Gasteiger partial charge in [-0.15, -0.1) is 0 Å². The van der Waals surface area contributed by atoms with Crippen molar-refractivity contribution in [3.05, 3.63) is 135 Å². The largest absolute Gasteiger partial charge is 0.452 e. The zero-order valence-electron chi connectivity index (χ0n) is 27.0. The van der Waals surface area contributed by atoms with Crippen LogP contribution < -0.4 is 14.2 Å². The number of H-pyrrole nitrogens is 1. The van der Waals surface area contributed by atoms with E-state index in [0.717, 1.165) is 10.8 Å². The van der Waals surface area contributed by atoms with Crippen molar-refractivity contribution in [3.8, 4) is 23.1 Å². The number of allylic oxidation sites excluding steroid dienone is 1. The lowest BCUT2D eigenvalue weighted by molar-refractivity contribution is 0.462. The molecule has 4 aromatic carbocycles. The molecule has 0 saturated heterocycles. The monoisotopic (exact) mass is 684 g/mol. The Morgan fingerprint density at radius 3 is 1.85 bits per heavy atom. The van der Waals surface area contributed by atoms with E-state index in [1.165, 1.54) is 11.1 Å². The number of rotatable bonds is 6. The highest BCUT2D eigenvalue weighted by molar-refractivity contribution is 6.51. The van der Waals surface area contributed by atoms with Crippen molar-refractivity contribution >= 4 is 57.2 Å². The molecule has 6 rings (SSSR count). The molecule has 0 saturated carbocycles. The fourth-order valence-electron chi connectivity index (χ4n) is 5.12. The third-order valence-corrected chi connectivity index (χ3v) is 8.93. The molecule has 0 bridgehead atoms. The first-order valence-electron chi connectivity index (χ1n) is 15.3. The summed E-state index contributed by atoms with van der Waals surface area (Å²) in [5, 5.41) is 2.61. The van der Waals surface area contributed by atoms with Gasteiger partial charge < -0.3 is 19.2 Å². The normalized spacial score (nSPS) is 14.8. The van der Waals surface area contributed by atoms with Gasteiger partial charge in [0.15, 0.2) is 5.76 Å². The van der Waals surface area contributed by atoms with Gasteiger partial charge in [-0.2, -0.15) is 0 Å². The van der Waals surface area contributed by atoms with Crippen LogP contribution in [0.4, 0.5) is 0 Å². The quantitative estimate of drug-likeness (QED) is 0.181. The van der Waals surface area contributed by atoms with E-state index in [1.54, 1.807) is 6.07 Å². The Bertz CT molecular complexity index is 2040. The van der Waals surface area contributed by atoms with Gasteiger partial charge >= 0.3 is 0 Å². The number of nitrogens with zero attached hydrogens (tertiary/aromatic N) is 1. The fraction of sp³-hybridized carbons (Fsp3) is 0.205. The molecule has 0 aliphatic carbocycles. The second-order valence-electron chi connectivity index (χ2n) is 13.4. The zero-order valence-corrected chi connectivity index (χ0v) is 29.3. The van der Waals surface area contributed by atoms with Gasteiger partial charge in [0.2, 0.25) is 11.8 Å². The van der Waals surface area contributed by atoms with Crippen molar-refractivity contribution in [1.82, 2.24) is 4.98 Å². The molecule has 1 N–H and O–H groups in total. The van der Waals surface area contributed by atoms with Crippen LogP contribution in [-0.2, 0) is 10.8 Å². The minimum Gasteiger partial charge on any atom is -0.452 e. The lowest BCUT2D eigenvalue weighted by atomic mass is 9.87. The van der Waals surface area contributed by atoms with E-state index in [1.807, 2.05) is 91.0 Å². The maximum Gasteiger partial charge on any atom is 0.240 e. The second-order valence-corrected chi connectivity index (χ2v) is 14.6. The number of hydrogen-bond donors (Lipinski definition) is 1. The molecule has 0 amide bonds. The van der Waals surface area contributed by atoms with E-state index in [-0.39, 0.29) is 32.5 Å². The van der Waals surface area contributed by atoms with Crippen LogP contribution in [0, 0.1) is 0 Å². The molecule has 1 aliphatic rings. The zero-order chi connectivity index (χ0) is 33.5. The number of aromatic amines is 1. The average molecular weight is 686 g/mol. The predicted octanol–water partition coefficient (Wildman–Crippen LogP) is 12.1. The topological polar surface area (TPSA) is 55.8 Å². The molecule has 1 aliphatic heterocycles. The van der Waals surface area contributed by atoms with E-state index in [0.29, 0.717) is 39.6 Å². The molecule has 0 spiro atoms. The molecule has 5 aromatic rings. The summed E-state index contributed by atoms with van der Waals surface area (Å²) in [4.78, 5) is 8.00. The molecule has 240 valence electrons. The summed E-state index contributed by atoms with van der Waals surface area (Å²) in [7, 11) is 0. The van der Waals surface area contributed by atoms with E-state index in [9.17, 15) is 0 Å². The Morgan fingerprint density at radius 1 is 0.660 bits per heavy atom. The van der Waals surface area contributed by atoms with Gasteiger partial charge in [-0.25, -0.2) is 4.99 Å². The summed E-state index contributed by atoms with van der Waals surface area (Å²) >= 11 is 20.3. The number of aliphatic imine (C=N–C) groups is 1. The Morgan fingerprint density at radius 2 is 1.23 bits per heavy atom. The van der Waals surface area contributed by atoms with Crippen molar-refractivity contribution in [2.45, 2.75) is 52.4 Å². The molecular formula is C39H35Cl3N2O3. The molecule has 8 heteroatoms. The van der Waals surface area contributed by atoms with Crippen LogP contribution in [0.1, 0.15) is 58.4 Å². The Kier molecular flexibility index (Phi) is 8.92. The summed E-state index contributed by atoms with van der Waals surface area (Å²) in [5.74, 6) is 2.60. The molecule has 47 heavy (non-hydrogen) atoms. The van der Waals surface area contributed by atoms with Crippen LogP contribution in [-0.4, -0.2) is 10.9 Å². The number of nitrogens with one attached hydrogen (secondary N) is 1. The maximum atomic E-state index is 6.87. The average Bonchev–Trinajstić information content (AvgIpc) is 3.53. The first-order chi connectivity index (χ1) is 22.3. The van der Waals surface area contributed by atoms with Crippen LogP contribution in [0.3, 0.4) is 0 Å². The van der Waals surface area contributed by atoms with E-state index < -0.39 is 0 Å². The van der Waals surface area contributed by atoms with Crippen LogP contribution in [0.15, 0.2) is 118 Å². The highest BCUT2D eigenvalue weighted by atomic mass is 35.5. The molecule has 1 aromatic heterocycles. The summed E-state index contributed by atoms with van der Waals surface area (Å²) in [6.45, 7) is 13.0. The first-order valence-corrected chi connectivity index (χ1v) is 16.4. The van der Waals surface area contributed by atoms with Crippen LogP contribution in [0.25, 0.3) is 16.5 Å². The standard InChI is InChI=1S/C39H35Cl3N2O3/c1-38(2,3)24-14-18-26(19-15-24)45-36-29(40)22-30(43-36)35(47-31-13-9-11-23-10-7-8-12-28(23)31)34-32(41)33(42)37(44-34)46-27-20-16-25(17-21-27)39(4,5)6/h7-22,43H,1-6H3. The maximum absolute atomic E-state index is 6.87. The lowest BCUT2D eigenvalue weighted by Gasteiger charge is -2.19. The van der Waals surface area contributed by atoms with Crippen LogP contribution in [0.2, 0.25) is 5.02 Å². The molecule has 0 fully saturated rings. The summed E-state index contributed by atoms with van der Waals surface area (Å²) in [6.07, 6.45) is 0. The van der Waals surface area contributed by atoms with Gasteiger partial charge in [0.05, 0.1) is 10.7 Å². The minimum atomic E-state index is 0.00375. The van der Waals surface area contributed by atoms with E-state index in [2.05, 4.69) is 46.5 Å². The number of ether oxygens (including phenoxy) is 3. The van der Waals surface area contributed by atoms with Crippen molar-refractivity contribution in [2.75, 3.05) is 0 Å². The van der Waals surface area contributed by atoms with Gasteiger partial charge in [0.25, 0.3) is 0 Å². The van der Waals surface area contributed by atoms with Gasteiger partial charge in [-0.05, 0) is 63.7 Å². The summed E-state index contributed by atoms with van der Waals surface area (Å²) in [6, 6.07) is 31.2. The second kappa shape index (κ2) is 12.8. The summed E-state index contributed by atoms with van der Waals surface area (Å²) < 4.78 is 18.9. The first kappa shape index (κ1) is 32.8. The SMILES string of the molecule is CC(C)(C)c1ccc(OC2=NC(=C(Oc3cccc4ccccc34)c3cc(Cl)c(Oc4ccc(C(C)(C)C)cc4)[nH]3)C(Cl)=C2Cl)cc1. The van der Waals surface area contributed by atoms with Gasteiger partial charge in [0, 0.05) is 5.39 Å². The van der Waals surface area contributed by atoms with E-state index in [4.69, 9.17) is 54.0 Å². The van der Waals surface area contributed by atoms with Gasteiger partial charge in [-0.3, -0.25) is 0 Å². The van der Waals surface area contributed by atoms with E-state index >= 15 is 0 Å². The lowest BCUT2D eigenvalue weighted by Crippen LogP contribution is -2.11. The predicted molar refractivity (Wildman–Crippen MR) is 194 cm³/mol. The number of fused-ring (bicyclic) bond motifs is 1. The molecule has 0 unspecified atom stereocenters. The minimum absolute atomic E-state index is 0.00375. The van der Waals surface area contributed by atoms with Crippen LogP contribution in [0.5, 0.6) is 23.1 Å². The number of aromatic nitrogens is 1. The van der Waals surface area contributed by atoms with Gasteiger partial charge in [-0.1, -0.05) is 137 Å². The molecule has 0 radical (unpaired) electrons. The number of hydrogen-bond acceptors (Lipinski definition) is 4. The Balaban J connectivity index is 1.41. The fourth-order valence-corrected chi connectivity index (χ4v) is 5.70. The Labute approximate surface area is 290 Å². The van der Waals surface area contributed by atoms with Gasteiger partial charge in [0.1, 0.15) is 33.0 Å². The van der Waals surface area contributed by atoms with Crippen molar-refractivity contribution < 1.29 is 14.2 Å². The third kappa shape index (κ3) is 7.08. The Hall–Kier alpha value is -4.16. The number of benzene rings is 4. The molecule has 2 heterocycles. The number of halogens is 3. The summed E-state index contributed by atoms with van der Waals surface area (Å²) in [5.41, 5.74) is 3.16. The van der Waals surface area contributed by atoms with Crippen molar-refractivity contribution in [2.24, 2.45) is 4.99 Å².